The molecule has 0 saturated carbocycles. The fourth-order valence-corrected chi connectivity index (χ4v) is 6.67. The van der Waals surface area contributed by atoms with E-state index in [-0.39, 0.29) is 5.41 Å². The predicted octanol–water partition coefficient (Wildman–Crippen LogP) is 9.95. The summed E-state index contributed by atoms with van der Waals surface area (Å²) in [5.41, 5.74) is 11.0. The van der Waals surface area contributed by atoms with E-state index < -0.39 is 0 Å². The number of hydrogen-bond acceptors (Lipinski definition) is 2. The lowest BCUT2D eigenvalue weighted by Crippen LogP contribution is -2.17. The Kier molecular flexibility index (Phi) is 5.17. The van der Waals surface area contributed by atoms with E-state index in [0.717, 1.165) is 17.2 Å². The van der Waals surface area contributed by atoms with Crippen LogP contribution in [-0.4, -0.2) is 9.55 Å². The lowest BCUT2D eigenvalue weighted by molar-refractivity contribution is 0.660. The number of rotatable bonds is 4. The van der Waals surface area contributed by atoms with Gasteiger partial charge in [-0.3, -0.25) is 4.90 Å². The molecule has 3 nitrogen and oxygen atoms in total. The van der Waals surface area contributed by atoms with Gasteiger partial charge in [0.15, 0.2) is 0 Å². The summed E-state index contributed by atoms with van der Waals surface area (Å²) in [5.74, 6) is 0.903. The van der Waals surface area contributed by atoms with Crippen LogP contribution in [-0.2, 0) is 5.41 Å². The molecule has 41 heavy (non-hydrogen) atoms. The van der Waals surface area contributed by atoms with E-state index in [1.165, 1.54) is 49.7 Å². The molecule has 1 aliphatic carbocycles. The van der Waals surface area contributed by atoms with Gasteiger partial charge in [0.05, 0.1) is 11.0 Å². The number of fused-ring (bicyclic) bond motifs is 6. The Morgan fingerprint density at radius 1 is 0.561 bits per heavy atom. The van der Waals surface area contributed by atoms with Crippen LogP contribution in [0.4, 0.5) is 17.2 Å². The quantitative estimate of drug-likeness (QED) is 0.227. The number of nitrogens with zero attached hydrogens (tertiary/aromatic N) is 3. The van der Waals surface area contributed by atoms with Crippen molar-refractivity contribution < 1.29 is 0 Å². The van der Waals surface area contributed by atoms with Crippen LogP contribution in [0.1, 0.15) is 25.0 Å². The molecule has 7 aromatic rings. The summed E-state index contributed by atoms with van der Waals surface area (Å²) in [6, 6.07) is 47.9. The maximum atomic E-state index is 4.71. The SMILES string of the molecule is CC1(C)c2cc(N(c3ccccc3)c3ccccn3)ccc2-c2ccc(-n3c4ccccc4c4ccccc43)cc21. The molecule has 8 rings (SSSR count). The molecule has 0 bridgehead atoms. The number of pyridine rings is 1. The predicted molar refractivity (Wildman–Crippen MR) is 171 cm³/mol. The van der Waals surface area contributed by atoms with Gasteiger partial charge in [-0.15, -0.1) is 0 Å². The average Bonchev–Trinajstić information content (AvgIpc) is 3.47. The van der Waals surface area contributed by atoms with Crippen molar-refractivity contribution in [3.05, 3.63) is 151 Å². The maximum absolute atomic E-state index is 4.71. The smallest absolute Gasteiger partial charge is 0.137 e. The lowest BCUT2D eigenvalue weighted by atomic mass is 9.82. The van der Waals surface area contributed by atoms with Gasteiger partial charge in [0.25, 0.3) is 0 Å². The Morgan fingerprint density at radius 2 is 1.17 bits per heavy atom. The Labute approximate surface area is 240 Å². The second kappa shape index (κ2) is 8.94. The second-order valence-corrected chi connectivity index (χ2v) is 11.3. The number of aromatic nitrogens is 2. The first-order valence-electron chi connectivity index (χ1n) is 14.2. The molecule has 1 aliphatic rings. The third kappa shape index (κ3) is 3.56. The molecule has 0 fully saturated rings. The third-order valence-corrected chi connectivity index (χ3v) is 8.63. The molecule has 0 radical (unpaired) electrons. The molecule has 0 atom stereocenters. The van der Waals surface area contributed by atoms with E-state index in [4.69, 9.17) is 4.98 Å². The van der Waals surface area contributed by atoms with Gasteiger partial charge in [-0.25, -0.2) is 4.98 Å². The van der Waals surface area contributed by atoms with Gasteiger partial charge in [-0.2, -0.15) is 0 Å². The largest absolute Gasteiger partial charge is 0.309 e. The first-order valence-corrected chi connectivity index (χ1v) is 14.2. The van der Waals surface area contributed by atoms with E-state index in [2.05, 4.69) is 145 Å². The van der Waals surface area contributed by atoms with E-state index in [0.29, 0.717) is 0 Å². The van der Waals surface area contributed by atoms with E-state index in [1.807, 2.05) is 18.3 Å². The van der Waals surface area contributed by atoms with Crippen molar-refractivity contribution in [2.24, 2.45) is 0 Å². The standard InChI is InChI=1S/C38H29N3/c1-38(2)33-24-27(40(26-12-4-3-5-13-26)37-18-10-11-23-39-37)19-21-29(33)30-22-20-28(25-34(30)38)41-35-16-8-6-14-31(35)32-15-7-9-17-36(32)41/h3-25H,1-2H3. The highest BCUT2D eigenvalue weighted by molar-refractivity contribution is 6.09. The summed E-state index contributed by atoms with van der Waals surface area (Å²) in [5, 5.41) is 2.57. The van der Waals surface area contributed by atoms with Crippen molar-refractivity contribution >= 4 is 39.0 Å². The van der Waals surface area contributed by atoms with Crippen LogP contribution < -0.4 is 4.90 Å². The molecule has 0 saturated heterocycles. The molecule has 0 spiro atoms. The molecule has 196 valence electrons. The summed E-state index contributed by atoms with van der Waals surface area (Å²) in [6.07, 6.45) is 1.86. The Hall–Kier alpha value is -5.15. The van der Waals surface area contributed by atoms with Crippen molar-refractivity contribution in [1.29, 1.82) is 0 Å². The van der Waals surface area contributed by atoms with E-state index in [1.54, 1.807) is 0 Å². The normalized spacial score (nSPS) is 13.3. The molecule has 0 unspecified atom stereocenters. The first-order chi connectivity index (χ1) is 20.1. The zero-order valence-corrected chi connectivity index (χ0v) is 23.1. The third-order valence-electron chi connectivity index (χ3n) is 8.63. The van der Waals surface area contributed by atoms with Crippen molar-refractivity contribution in [1.82, 2.24) is 9.55 Å². The highest BCUT2D eigenvalue weighted by Crippen LogP contribution is 2.51. The summed E-state index contributed by atoms with van der Waals surface area (Å²) in [4.78, 5) is 6.95. The van der Waals surface area contributed by atoms with Crippen molar-refractivity contribution in [2.45, 2.75) is 19.3 Å². The molecule has 2 aromatic heterocycles. The monoisotopic (exact) mass is 527 g/mol. The molecule has 0 amide bonds. The highest BCUT2D eigenvalue weighted by Gasteiger charge is 2.36. The minimum atomic E-state index is -0.165. The summed E-state index contributed by atoms with van der Waals surface area (Å²) in [7, 11) is 0. The molecule has 2 heterocycles. The number of benzene rings is 5. The summed E-state index contributed by atoms with van der Waals surface area (Å²) in [6.45, 7) is 4.70. The second-order valence-electron chi connectivity index (χ2n) is 11.3. The molecular formula is C38H29N3. The van der Waals surface area contributed by atoms with Crippen molar-refractivity contribution in [3.8, 4) is 16.8 Å². The van der Waals surface area contributed by atoms with Crippen LogP contribution in [0.3, 0.4) is 0 Å². The molecule has 5 aromatic carbocycles. The molecule has 0 N–H and O–H groups in total. The average molecular weight is 528 g/mol. The Morgan fingerprint density at radius 3 is 1.85 bits per heavy atom. The van der Waals surface area contributed by atoms with E-state index >= 15 is 0 Å². The fourth-order valence-electron chi connectivity index (χ4n) is 6.67. The van der Waals surface area contributed by atoms with Crippen LogP contribution in [0.25, 0.3) is 38.6 Å². The van der Waals surface area contributed by atoms with Crippen molar-refractivity contribution in [3.63, 3.8) is 0 Å². The van der Waals surface area contributed by atoms with Gasteiger partial charge in [-0.05, 0) is 82.9 Å². The van der Waals surface area contributed by atoms with Gasteiger partial charge >= 0.3 is 0 Å². The van der Waals surface area contributed by atoms with Crippen LogP contribution >= 0.6 is 0 Å². The van der Waals surface area contributed by atoms with Crippen LogP contribution in [0.2, 0.25) is 0 Å². The Bertz CT molecular complexity index is 1980. The molecular weight excluding hydrogens is 498 g/mol. The van der Waals surface area contributed by atoms with Gasteiger partial charge in [-0.1, -0.05) is 86.6 Å². The maximum Gasteiger partial charge on any atom is 0.137 e. The number of para-hydroxylation sites is 3. The number of anilines is 3. The summed E-state index contributed by atoms with van der Waals surface area (Å²) < 4.78 is 2.41. The zero-order chi connectivity index (χ0) is 27.6. The van der Waals surface area contributed by atoms with Gasteiger partial charge in [0.2, 0.25) is 0 Å². The van der Waals surface area contributed by atoms with Crippen LogP contribution in [0.15, 0.2) is 140 Å². The number of hydrogen-bond donors (Lipinski definition) is 0. The van der Waals surface area contributed by atoms with Gasteiger partial charge in [0.1, 0.15) is 5.82 Å². The van der Waals surface area contributed by atoms with Gasteiger partial charge < -0.3 is 4.57 Å². The first kappa shape index (κ1) is 23.7. The minimum Gasteiger partial charge on any atom is -0.309 e. The lowest BCUT2D eigenvalue weighted by Gasteiger charge is -2.27. The van der Waals surface area contributed by atoms with Crippen LogP contribution in [0.5, 0.6) is 0 Å². The van der Waals surface area contributed by atoms with Crippen LogP contribution in [0, 0.1) is 0 Å². The van der Waals surface area contributed by atoms with Crippen molar-refractivity contribution in [2.75, 3.05) is 4.90 Å². The van der Waals surface area contributed by atoms with E-state index in [9.17, 15) is 0 Å². The zero-order valence-electron chi connectivity index (χ0n) is 23.1. The van der Waals surface area contributed by atoms with Gasteiger partial charge in [0, 0.05) is 39.4 Å². The molecule has 3 heteroatoms. The Balaban J connectivity index is 1.28. The fraction of sp³-hybridized carbons (Fsp3) is 0.0789. The highest BCUT2D eigenvalue weighted by atomic mass is 15.2. The summed E-state index contributed by atoms with van der Waals surface area (Å²) >= 11 is 0. The minimum absolute atomic E-state index is 0.165. The topological polar surface area (TPSA) is 21.1 Å². The molecule has 0 aliphatic heterocycles.